The molecule has 0 aliphatic heterocycles. The molecule has 0 atom stereocenters. The predicted octanol–water partition coefficient (Wildman–Crippen LogP) is 5.71. The van der Waals surface area contributed by atoms with E-state index in [1.54, 1.807) is 18.6 Å². The second kappa shape index (κ2) is 14.8. The number of halogens is 6. The Morgan fingerprint density at radius 3 is 1.95 bits per heavy atom. The lowest BCUT2D eigenvalue weighted by atomic mass is 10.1. The quantitative estimate of drug-likeness (QED) is 0.206. The van der Waals surface area contributed by atoms with E-state index in [2.05, 4.69) is 20.5 Å². The van der Waals surface area contributed by atoms with Crippen molar-refractivity contribution in [2.24, 2.45) is 0 Å². The van der Waals surface area contributed by atoms with Crippen molar-refractivity contribution < 1.29 is 55.7 Å². The molecule has 10 nitrogen and oxygen atoms in total. The number of rotatable bonds is 6. The van der Waals surface area contributed by atoms with Crippen LogP contribution in [0.1, 0.15) is 5.56 Å². The fraction of sp³-hybridized carbons (Fsp3) is 0.115. The SMILES string of the molecule is O=C(Cc1cccnc1)Nc1ccc(-c2cn[nH]c2)cc1Oc1ccccc1.O=C(O)C(F)(F)F.O=C(O)C(F)(F)F. The van der Waals surface area contributed by atoms with Crippen LogP contribution in [-0.4, -0.2) is 55.6 Å². The van der Waals surface area contributed by atoms with Crippen LogP contribution in [0.3, 0.4) is 0 Å². The summed E-state index contributed by atoms with van der Waals surface area (Å²) in [6.07, 6.45) is -3.02. The Morgan fingerprint density at radius 2 is 1.45 bits per heavy atom. The number of aliphatic carboxylic acids is 2. The number of nitrogens with one attached hydrogen (secondary N) is 2. The van der Waals surface area contributed by atoms with E-state index in [1.807, 2.05) is 66.9 Å². The molecule has 0 bridgehead atoms. The molecule has 0 aliphatic rings. The zero-order valence-corrected chi connectivity index (χ0v) is 21.0. The Balaban J connectivity index is 0.000000367. The molecule has 0 spiro atoms. The second-order valence-corrected chi connectivity index (χ2v) is 7.81. The van der Waals surface area contributed by atoms with E-state index in [0.29, 0.717) is 17.2 Å². The number of nitrogens with zero attached hydrogens (tertiary/aromatic N) is 2. The molecule has 0 saturated heterocycles. The lowest BCUT2D eigenvalue weighted by Gasteiger charge is -2.14. The monoisotopic (exact) mass is 598 g/mol. The van der Waals surface area contributed by atoms with Gasteiger partial charge in [-0.15, -0.1) is 0 Å². The van der Waals surface area contributed by atoms with Crippen molar-refractivity contribution in [3.8, 4) is 22.6 Å². The van der Waals surface area contributed by atoms with Gasteiger partial charge in [-0.2, -0.15) is 31.4 Å². The van der Waals surface area contributed by atoms with Crippen molar-refractivity contribution in [2.75, 3.05) is 5.32 Å². The number of hydrogen-bond acceptors (Lipinski definition) is 6. The molecule has 2 aromatic heterocycles. The summed E-state index contributed by atoms with van der Waals surface area (Å²) in [6, 6.07) is 18.8. The number of aromatic amines is 1. The fourth-order valence-electron chi connectivity index (χ4n) is 2.80. The molecule has 222 valence electrons. The molecule has 2 heterocycles. The van der Waals surface area contributed by atoms with Gasteiger partial charge in [0.1, 0.15) is 5.75 Å². The molecule has 16 heteroatoms. The van der Waals surface area contributed by atoms with E-state index >= 15 is 0 Å². The van der Waals surface area contributed by atoms with Crippen molar-refractivity contribution in [1.29, 1.82) is 0 Å². The van der Waals surface area contributed by atoms with Crippen molar-refractivity contribution in [1.82, 2.24) is 15.2 Å². The van der Waals surface area contributed by atoms with Crippen LogP contribution in [0.5, 0.6) is 11.5 Å². The number of carboxylic acid groups (broad SMARTS) is 2. The van der Waals surface area contributed by atoms with Crippen LogP contribution in [0.15, 0.2) is 85.5 Å². The smallest absolute Gasteiger partial charge is 0.475 e. The van der Waals surface area contributed by atoms with Gasteiger partial charge in [0.05, 0.1) is 18.3 Å². The summed E-state index contributed by atoms with van der Waals surface area (Å²) in [5.74, 6) is -4.40. The van der Waals surface area contributed by atoms with Crippen molar-refractivity contribution in [2.45, 2.75) is 18.8 Å². The van der Waals surface area contributed by atoms with E-state index in [-0.39, 0.29) is 12.3 Å². The third-order valence-corrected chi connectivity index (χ3v) is 4.63. The maximum absolute atomic E-state index is 12.5. The molecular weight excluding hydrogens is 578 g/mol. The van der Waals surface area contributed by atoms with Crippen LogP contribution in [0.2, 0.25) is 0 Å². The number of H-pyrrole nitrogens is 1. The molecule has 4 N–H and O–H groups in total. The van der Waals surface area contributed by atoms with Crippen LogP contribution < -0.4 is 10.1 Å². The largest absolute Gasteiger partial charge is 0.490 e. The maximum atomic E-state index is 12.5. The minimum absolute atomic E-state index is 0.137. The highest BCUT2D eigenvalue weighted by Crippen LogP contribution is 2.34. The molecule has 0 aliphatic carbocycles. The van der Waals surface area contributed by atoms with E-state index in [0.717, 1.165) is 16.7 Å². The summed E-state index contributed by atoms with van der Waals surface area (Å²) < 4.78 is 69.5. The number of anilines is 1. The van der Waals surface area contributed by atoms with Crippen LogP contribution in [0.4, 0.5) is 32.0 Å². The van der Waals surface area contributed by atoms with Gasteiger partial charge in [-0.05, 0) is 41.5 Å². The minimum Gasteiger partial charge on any atom is -0.475 e. The van der Waals surface area contributed by atoms with Crippen molar-refractivity contribution >= 4 is 23.5 Å². The van der Waals surface area contributed by atoms with Gasteiger partial charge in [0.15, 0.2) is 5.75 Å². The van der Waals surface area contributed by atoms with Crippen molar-refractivity contribution in [3.05, 3.63) is 91.0 Å². The third kappa shape index (κ3) is 11.4. The van der Waals surface area contributed by atoms with E-state index in [1.165, 1.54) is 0 Å². The number of pyridine rings is 1. The number of carbonyl (C=O) groups is 3. The highest BCUT2D eigenvalue weighted by atomic mass is 19.4. The fourth-order valence-corrected chi connectivity index (χ4v) is 2.80. The van der Waals surface area contributed by atoms with Crippen LogP contribution in [-0.2, 0) is 20.8 Å². The molecule has 0 unspecified atom stereocenters. The molecular formula is C26H20F6N4O6. The molecule has 0 radical (unpaired) electrons. The van der Waals surface area contributed by atoms with E-state index < -0.39 is 24.3 Å². The molecule has 1 amide bonds. The lowest BCUT2D eigenvalue weighted by molar-refractivity contribution is -0.193. The summed E-state index contributed by atoms with van der Waals surface area (Å²) in [5, 5.41) is 24.0. The molecule has 2 aromatic carbocycles. The van der Waals surface area contributed by atoms with Gasteiger partial charge in [0.2, 0.25) is 5.91 Å². The van der Waals surface area contributed by atoms with Crippen LogP contribution >= 0.6 is 0 Å². The number of carboxylic acids is 2. The lowest BCUT2D eigenvalue weighted by Crippen LogP contribution is -2.21. The average molecular weight is 598 g/mol. The number of alkyl halides is 6. The first-order valence-electron chi connectivity index (χ1n) is 11.3. The Hall–Kier alpha value is -5.41. The Morgan fingerprint density at radius 1 is 0.833 bits per heavy atom. The first-order chi connectivity index (χ1) is 19.7. The number of amides is 1. The highest BCUT2D eigenvalue weighted by molar-refractivity contribution is 5.94. The van der Waals surface area contributed by atoms with Gasteiger partial charge in [-0.25, -0.2) is 9.59 Å². The summed E-state index contributed by atoms with van der Waals surface area (Å²) in [6.45, 7) is 0. The van der Waals surface area contributed by atoms with Gasteiger partial charge in [0, 0.05) is 24.2 Å². The number of carbonyl (C=O) groups excluding carboxylic acids is 1. The van der Waals surface area contributed by atoms with Gasteiger partial charge in [-0.1, -0.05) is 30.3 Å². The first-order valence-corrected chi connectivity index (χ1v) is 11.3. The number of hydrogen-bond donors (Lipinski definition) is 4. The third-order valence-electron chi connectivity index (χ3n) is 4.63. The topological polar surface area (TPSA) is 154 Å². The average Bonchev–Trinajstić information content (AvgIpc) is 3.46. The summed E-state index contributed by atoms with van der Waals surface area (Å²) in [5.41, 5.74) is 3.32. The summed E-state index contributed by atoms with van der Waals surface area (Å²) in [4.78, 5) is 34.3. The van der Waals surface area contributed by atoms with Crippen molar-refractivity contribution in [3.63, 3.8) is 0 Å². The highest BCUT2D eigenvalue weighted by Gasteiger charge is 2.38. The Bertz CT molecular complexity index is 1420. The van der Waals surface area contributed by atoms with Gasteiger partial charge < -0.3 is 20.3 Å². The maximum Gasteiger partial charge on any atom is 0.490 e. The molecule has 0 saturated carbocycles. The zero-order valence-electron chi connectivity index (χ0n) is 21.0. The standard InChI is InChI=1S/C22H18N4O2.2C2HF3O2/c27-22(11-16-5-4-10-23-13-16)26-20-9-8-17(18-14-24-25-15-18)12-21(20)28-19-6-2-1-3-7-19;2*3-2(4,5)1(6)7/h1-10,12-15H,11H2,(H,24,25)(H,26,27);2*(H,6,7). The van der Waals surface area contributed by atoms with Gasteiger partial charge in [0.25, 0.3) is 0 Å². The summed E-state index contributed by atoms with van der Waals surface area (Å²) >= 11 is 0. The van der Waals surface area contributed by atoms with Crippen LogP contribution in [0, 0.1) is 0 Å². The summed E-state index contributed by atoms with van der Waals surface area (Å²) in [7, 11) is 0. The first kappa shape index (κ1) is 32.8. The van der Waals surface area contributed by atoms with E-state index in [9.17, 15) is 31.1 Å². The Kier molecular flexibility index (Phi) is 11.6. The normalized spacial score (nSPS) is 10.7. The molecule has 42 heavy (non-hydrogen) atoms. The van der Waals surface area contributed by atoms with Gasteiger partial charge in [-0.3, -0.25) is 14.9 Å². The van der Waals surface area contributed by atoms with Gasteiger partial charge >= 0.3 is 24.3 Å². The number of ether oxygens (including phenoxy) is 1. The number of benzene rings is 2. The number of para-hydroxylation sites is 1. The number of aromatic nitrogens is 3. The second-order valence-electron chi connectivity index (χ2n) is 7.81. The molecule has 4 aromatic rings. The van der Waals surface area contributed by atoms with Crippen LogP contribution in [0.25, 0.3) is 11.1 Å². The van der Waals surface area contributed by atoms with E-state index in [4.69, 9.17) is 24.5 Å². The molecule has 4 rings (SSSR count). The molecule has 0 fully saturated rings. The predicted molar refractivity (Wildman–Crippen MR) is 134 cm³/mol. The minimum atomic E-state index is -5.08. The zero-order chi connectivity index (χ0) is 31.3. The Labute approximate surface area is 232 Å².